The third kappa shape index (κ3) is 4.28. The molecular formula is C30H32O2. The van der Waals surface area contributed by atoms with E-state index < -0.39 is 0 Å². The van der Waals surface area contributed by atoms with E-state index in [9.17, 15) is 5.11 Å². The highest BCUT2D eigenvalue weighted by molar-refractivity contribution is 5.99. The number of aliphatic hydroxyl groups is 1. The summed E-state index contributed by atoms with van der Waals surface area (Å²) < 4.78 is 6.50. The van der Waals surface area contributed by atoms with Crippen molar-refractivity contribution in [2.45, 2.75) is 53.1 Å². The maximum atomic E-state index is 9.75. The molecular weight excluding hydrogens is 392 g/mol. The summed E-state index contributed by atoms with van der Waals surface area (Å²) in [5.41, 5.74) is 10.1. The third-order valence-electron chi connectivity index (χ3n) is 6.21. The molecule has 164 valence electrons. The lowest BCUT2D eigenvalue weighted by atomic mass is 9.92. The molecule has 0 amide bonds. The minimum Gasteiger partial charge on any atom is -0.455 e. The summed E-state index contributed by atoms with van der Waals surface area (Å²) in [6.07, 6.45) is 3.84. The second-order valence-corrected chi connectivity index (χ2v) is 8.61. The van der Waals surface area contributed by atoms with E-state index in [2.05, 4.69) is 75.0 Å². The van der Waals surface area contributed by atoms with E-state index in [-0.39, 0.29) is 6.61 Å². The lowest BCUT2D eigenvalue weighted by Crippen LogP contribution is -1.96. The van der Waals surface area contributed by atoms with Crippen molar-refractivity contribution in [2.75, 3.05) is 0 Å². The highest BCUT2D eigenvalue weighted by atomic mass is 16.3. The number of furan rings is 1. The van der Waals surface area contributed by atoms with Crippen molar-refractivity contribution in [1.29, 1.82) is 0 Å². The number of aliphatic hydroxyl groups excluding tert-OH is 1. The van der Waals surface area contributed by atoms with Gasteiger partial charge in [-0.2, -0.15) is 0 Å². The van der Waals surface area contributed by atoms with Crippen LogP contribution in [0.1, 0.15) is 60.1 Å². The molecule has 3 aromatic carbocycles. The molecule has 2 heteroatoms. The van der Waals surface area contributed by atoms with Gasteiger partial charge in [0.2, 0.25) is 0 Å². The van der Waals surface area contributed by atoms with Gasteiger partial charge in [-0.3, -0.25) is 0 Å². The summed E-state index contributed by atoms with van der Waals surface area (Å²) in [5, 5.41) is 10.8. The van der Waals surface area contributed by atoms with Gasteiger partial charge in [0.1, 0.15) is 11.3 Å². The smallest absolute Gasteiger partial charge is 0.142 e. The second-order valence-electron chi connectivity index (χ2n) is 8.61. The molecule has 0 aliphatic rings. The van der Waals surface area contributed by atoms with Crippen molar-refractivity contribution in [3.8, 4) is 11.3 Å². The molecule has 0 saturated carbocycles. The zero-order valence-electron chi connectivity index (χ0n) is 19.4. The summed E-state index contributed by atoms with van der Waals surface area (Å²) in [7, 11) is 0. The minimum atomic E-state index is 0.0190. The SMILES string of the molecule is C=C(CCC)c1c(-c2ccc(Cc3ccccc3)c(CC)c2)oc2c(C)cc(CO)cc12. The molecule has 0 aliphatic heterocycles. The molecule has 0 saturated heterocycles. The second kappa shape index (κ2) is 9.58. The van der Waals surface area contributed by atoms with E-state index in [1.807, 2.05) is 13.0 Å². The van der Waals surface area contributed by atoms with Gasteiger partial charge in [0.25, 0.3) is 0 Å². The first-order valence-electron chi connectivity index (χ1n) is 11.6. The fourth-order valence-corrected chi connectivity index (χ4v) is 4.60. The summed E-state index contributed by atoms with van der Waals surface area (Å²) in [6.45, 7) is 10.8. The Balaban J connectivity index is 1.86. The molecule has 0 unspecified atom stereocenters. The van der Waals surface area contributed by atoms with E-state index in [4.69, 9.17) is 4.42 Å². The number of fused-ring (bicyclic) bond motifs is 1. The van der Waals surface area contributed by atoms with E-state index >= 15 is 0 Å². The van der Waals surface area contributed by atoms with Gasteiger partial charge in [-0.15, -0.1) is 0 Å². The van der Waals surface area contributed by atoms with Gasteiger partial charge in [0, 0.05) is 16.5 Å². The average Bonchev–Trinajstić information content (AvgIpc) is 3.20. The molecule has 0 bridgehead atoms. The Hall–Kier alpha value is -3.10. The third-order valence-corrected chi connectivity index (χ3v) is 6.21. The molecule has 4 rings (SSSR count). The van der Waals surface area contributed by atoms with Crippen LogP contribution in [0.4, 0.5) is 0 Å². The predicted octanol–water partition coefficient (Wildman–Crippen LogP) is 7.87. The van der Waals surface area contributed by atoms with E-state index in [0.717, 1.165) is 70.2 Å². The Morgan fingerprint density at radius 1 is 0.938 bits per heavy atom. The quantitative estimate of drug-likeness (QED) is 0.312. The van der Waals surface area contributed by atoms with Crippen molar-refractivity contribution in [1.82, 2.24) is 0 Å². The lowest BCUT2D eigenvalue weighted by molar-refractivity contribution is 0.282. The van der Waals surface area contributed by atoms with E-state index in [1.165, 1.54) is 16.7 Å². The maximum Gasteiger partial charge on any atom is 0.142 e. The summed E-state index contributed by atoms with van der Waals surface area (Å²) in [6, 6.07) is 21.4. The van der Waals surface area contributed by atoms with Crippen LogP contribution >= 0.6 is 0 Å². The molecule has 0 spiro atoms. The molecule has 2 nitrogen and oxygen atoms in total. The van der Waals surface area contributed by atoms with Crippen LogP contribution in [0, 0.1) is 6.92 Å². The first kappa shape index (κ1) is 22.1. The summed E-state index contributed by atoms with van der Waals surface area (Å²) >= 11 is 0. The van der Waals surface area contributed by atoms with Crippen molar-refractivity contribution < 1.29 is 9.52 Å². The molecule has 4 aromatic rings. The van der Waals surface area contributed by atoms with Gasteiger partial charge < -0.3 is 9.52 Å². The molecule has 0 aliphatic carbocycles. The Labute approximate surface area is 191 Å². The largest absolute Gasteiger partial charge is 0.455 e. The molecule has 0 radical (unpaired) electrons. The first-order valence-corrected chi connectivity index (χ1v) is 11.6. The molecule has 0 atom stereocenters. The Kier molecular flexibility index (Phi) is 6.62. The zero-order valence-corrected chi connectivity index (χ0v) is 19.4. The normalized spacial score (nSPS) is 11.2. The van der Waals surface area contributed by atoms with E-state index in [0.29, 0.717) is 0 Å². The van der Waals surface area contributed by atoms with Crippen molar-refractivity contribution >= 4 is 16.5 Å². The summed E-state index contributed by atoms with van der Waals surface area (Å²) in [5.74, 6) is 0.887. The first-order chi connectivity index (χ1) is 15.5. The molecule has 32 heavy (non-hydrogen) atoms. The predicted molar refractivity (Wildman–Crippen MR) is 135 cm³/mol. The van der Waals surface area contributed by atoms with Crippen LogP contribution in [0.5, 0.6) is 0 Å². The van der Waals surface area contributed by atoms with Crippen LogP contribution in [-0.2, 0) is 19.4 Å². The Morgan fingerprint density at radius 2 is 1.72 bits per heavy atom. The zero-order chi connectivity index (χ0) is 22.7. The van der Waals surface area contributed by atoms with Crippen LogP contribution in [0.2, 0.25) is 0 Å². The molecule has 1 aromatic heterocycles. The van der Waals surface area contributed by atoms with Crippen molar-refractivity contribution in [2.24, 2.45) is 0 Å². The molecule has 1 N–H and O–H groups in total. The number of aryl methyl sites for hydroxylation is 2. The maximum absolute atomic E-state index is 9.75. The number of hydrogen-bond donors (Lipinski definition) is 1. The number of hydrogen-bond acceptors (Lipinski definition) is 2. The standard InChI is InChI=1S/C30H32O2/c1-5-10-20(3)28-27-17-23(19-31)15-21(4)29(27)32-30(28)26-14-13-25(24(6-2)18-26)16-22-11-8-7-9-12-22/h7-9,11-15,17-18,31H,3,5-6,10,16,19H2,1-2,4H3. The van der Waals surface area contributed by atoms with Crippen molar-refractivity contribution in [3.05, 3.63) is 101 Å². The number of benzene rings is 3. The topological polar surface area (TPSA) is 33.4 Å². The van der Waals surface area contributed by atoms with Crippen LogP contribution in [0.25, 0.3) is 27.9 Å². The molecule has 0 fully saturated rings. The van der Waals surface area contributed by atoms with Crippen LogP contribution in [0.3, 0.4) is 0 Å². The monoisotopic (exact) mass is 424 g/mol. The van der Waals surface area contributed by atoms with Gasteiger partial charge in [-0.25, -0.2) is 0 Å². The highest BCUT2D eigenvalue weighted by Crippen LogP contribution is 2.41. The van der Waals surface area contributed by atoms with Crippen LogP contribution in [0.15, 0.2) is 71.7 Å². The minimum absolute atomic E-state index is 0.0190. The number of rotatable bonds is 8. The average molecular weight is 425 g/mol. The molecule has 1 heterocycles. The van der Waals surface area contributed by atoms with Crippen LogP contribution < -0.4 is 0 Å². The van der Waals surface area contributed by atoms with Crippen molar-refractivity contribution in [3.63, 3.8) is 0 Å². The summed E-state index contributed by atoms with van der Waals surface area (Å²) in [4.78, 5) is 0. The Morgan fingerprint density at radius 3 is 2.41 bits per heavy atom. The highest BCUT2D eigenvalue weighted by Gasteiger charge is 2.20. The van der Waals surface area contributed by atoms with Gasteiger partial charge in [0.05, 0.1) is 6.61 Å². The number of allylic oxidation sites excluding steroid dienone is 1. The van der Waals surface area contributed by atoms with E-state index in [1.54, 1.807) is 0 Å². The lowest BCUT2D eigenvalue weighted by Gasteiger charge is -2.12. The van der Waals surface area contributed by atoms with Gasteiger partial charge >= 0.3 is 0 Å². The fourth-order valence-electron chi connectivity index (χ4n) is 4.60. The fraction of sp³-hybridized carbons (Fsp3) is 0.267. The van der Waals surface area contributed by atoms with Gasteiger partial charge in [0.15, 0.2) is 0 Å². The van der Waals surface area contributed by atoms with Crippen LogP contribution in [-0.4, -0.2) is 5.11 Å². The Bertz CT molecular complexity index is 1250. The van der Waals surface area contributed by atoms with Gasteiger partial charge in [-0.1, -0.05) is 75.4 Å². The van der Waals surface area contributed by atoms with Gasteiger partial charge in [-0.05, 0) is 71.7 Å².